The molecule has 0 heterocycles. The van der Waals surface area contributed by atoms with Crippen molar-refractivity contribution in [2.45, 2.75) is 50.2 Å². The van der Waals surface area contributed by atoms with Crippen molar-refractivity contribution in [2.75, 3.05) is 6.54 Å². The van der Waals surface area contributed by atoms with Crippen LogP contribution in [0.4, 0.5) is 13.2 Å². The van der Waals surface area contributed by atoms with Crippen molar-refractivity contribution in [2.24, 2.45) is 5.92 Å². The fraction of sp³-hybridized carbons (Fsp3) is 0.625. The molecule has 1 N–H and O–H groups in total. The van der Waals surface area contributed by atoms with Crippen molar-refractivity contribution in [3.63, 3.8) is 0 Å². The van der Waals surface area contributed by atoms with Crippen molar-refractivity contribution in [3.05, 3.63) is 35.4 Å². The molecule has 1 aromatic rings. The van der Waals surface area contributed by atoms with Gasteiger partial charge in [0.25, 0.3) is 0 Å². The van der Waals surface area contributed by atoms with E-state index in [0.717, 1.165) is 37.4 Å². The molecule has 20 heavy (non-hydrogen) atoms. The molecule has 0 saturated heterocycles. The summed E-state index contributed by atoms with van der Waals surface area (Å²) < 4.78 is 38.4. The van der Waals surface area contributed by atoms with E-state index in [1.54, 1.807) is 6.07 Å². The third-order valence-electron chi connectivity index (χ3n) is 4.55. The van der Waals surface area contributed by atoms with Crippen LogP contribution in [0.5, 0.6) is 0 Å². The summed E-state index contributed by atoms with van der Waals surface area (Å²) in [5.41, 5.74) is 0.343. The number of hydrogen-bond acceptors (Lipinski definition) is 1. The normalized spacial score (nSPS) is 26.9. The van der Waals surface area contributed by atoms with Crippen molar-refractivity contribution in [3.8, 4) is 0 Å². The number of halogens is 3. The number of rotatable bonds is 4. The molecular formula is C16H20F3N. The van der Waals surface area contributed by atoms with Crippen LogP contribution in [0, 0.1) is 5.92 Å². The number of benzene rings is 1. The Balaban J connectivity index is 1.73. The van der Waals surface area contributed by atoms with Gasteiger partial charge in [-0.1, -0.05) is 24.6 Å². The van der Waals surface area contributed by atoms with Gasteiger partial charge in [0.1, 0.15) is 0 Å². The number of nitrogens with one attached hydrogen (secondary N) is 1. The summed E-state index contributed by atoms with van der Waals surface area (Å²) >= 11 is 0. The van der Waals surface area contributed by atoms with E-state index < -0.39 is 11.7 Å². The first-order chi connectivity index (χ1) is 9.54. The molecule has 0 spiro atoms. The lowest BCUT2D eigenvalue weighted by molar-refractivity contribution is -0.137. The van der Waals surface area contributed by atoms with Gasteiger partial charge in [-0.3, -0.25) is 0 Å². The second kappa shape index (κ2) is 5.40. The minimum Gasteiger partial charge on any atom is -0.314 e. The Hall–Kier alpha value is -1.03. The highest BCUT2D eigenvalue weighted by molar-refractivity contribution is 5.29. The predicted octanol–water partition coefficient (Wildman–Crippen LogP) is 4.34. The summed E-state index contributed by atoms with van der Waals surface area (Å²) in [6, 6.07) is 6.57. The summed E-state index contributed by atoms with van der Waals surface area (Å²) in [6.45, 7) is 0.950. The van der Waals surface area contributed by atoms with E-state index >= 15 is 0 Å². The zero-order valence-corrected chi connectivity index (χ0v) is 11.4. The summed E-state index contributed by atoms with van der Waals surface area (Å²) in [7, 11) is 0. The Morgan fingerprint density at radius 2 is 1.90 bits per heavy atom. The molecule has 1 nitrogen and oxygen atoms in total. The fourth-order valence-electron chi connectivity index (χ4n) is 3.27. The van der Waals surface area contributed by atoms with Crippen LogP contribution in [0.25, 0.3) is 0 Å². The lowest BCUT2D eigenvalue weighted by Gasteiger charge is -2.21. The van der Waals surface area contributed by atoms with Crippen molar-refractivity contribution in [1.82, 2.24) is 5.32 Å². The van der Waals surface area contributed by atoms with Crippen LogP contribution >= 0.6 is 0 Å². The standard InChI is InChI=1S/C16H20F3N/c17-16(18,19)13-5-1-3-11(9-13)15-6-2-4-12(15)10-20-14-7-8-14/h1,3,5,9,12,14-15,20H,2,4,6-8,10H2. The van der Waals surface area contributed by atoms with E-state index in [1.165, 1.54) is 18.9 Å². The summed E-state index contributed by atoms with van der Waals surface area (Å²) in [5.74, 6) is 0.766. The first-order valence-corrected chi connectivity index (χ1v) is 7.44. The molecule has 4 heteroatoms. The highest BCUT2D eigenvalue weighted by atomic mass is 19.4. The lowest BCUT2D eigenvalue weighted by Crippen LogP contribution is -2.26. The average Bonchev–Trinajstić information content (AvgIpc) is 3.12. The van der Waals surface area contributed by atoms with Crippen LogP contribution in [0.3, 0.4) is 0 Å². The predicted molar refractivity (Wildman–Crippen MR) is 72.6 cm³/mol. The van der Waals surface area contributed by atoms with E-state index in [2.05, 4.69) is 5.32 Å². The summed E-state index contributed by atoms with van der Waals surface area (Å²) in [5, 5.41) is 3.52. The van der Waals surface area contributed by atoms with Gasteiger partial charge < -0.3 is 5.32 Å². The van der Waals surface area contributed by atoms with Gasteiger partial charge in [-0.15, -0.1) is 0 Å². The van der Waals surface area contributed by atoms with Crippen LogP contribution < -0.4 is 5.32 Å². The van der Waals surface area contributed by atoms with Crippen molar-refractivity contribution >= 4 is 0 Å². The third kappa shape index (κ3) is 3.17. The average molecular weight is 283 g/mol. The monoisotopic (exact) mass is 283 g/mol. The SMILES string of the molecule is FC(F)(F)c1cccc(C2CCCC2CNC2CC2)c1. The largest absolute Gasteiger partial charge is 0.416 e. The summed E-state index contributed by atoms with van der Waals surface area (Å²) in [6.07, 6.45) is 1.52. The smallest absolute Gasteiger partial charge is 0.314 e. The quantitative estimate of drug-likeness (QED) is 0.866. The van der Waals surface area contributed by atoms with Gasteiger partial charge in [0.15, 0.2) is 0 Å². The molecule has 1 aromatic carbocycles. The van der Waals surface area contributed by atoms with Gasteiger partial charge in [0.2, 0.25) is 0 Å². The molecule has 110 valence electrons. The van der Waals surface area contributed by atoms with Gasteiger partial charge in [-0.2, -0.15) is 13.2 Å². The van der Waals surface area contributed by atoms with Crippen molar-refractivity contribution in [1.29, 1.82) is 0 Å². The van der Waals surface area contributed by atoms with Crippen LogP contribution in [-0.2, 0) is 6.18 Å². The molecule has 0 aliphatic heterocycles. The van der Waals surface area contributed by atoms with Crippen LogP contribution in [0.2, 0.25) is 0 Å². The maximum atomic E-state index is 12.8. The Morgan fingerprint density at radius 1 is 1.10 bits per heavy atom. The number of hydrogen-bond donors (Lipinski definition) is 1. The Kier molecular flexibility index (Phi) is 3.76. The molecule has 2 atom stereocenters. The van der Waals surface area contributed by atoms with Gasteiger partial charge in [0.05, 0.1) is 5.56 Å². The Morgan fingerprint density at radius 3 is 2.60 bits per heavy atom. The molecule has 0 aromatic heterocycles. The second-order valence-electron chi connectivity index (χ2n) is 6.10. The molecule has 2 unspecified atom stereocenters. The zero-order valence-electron chi connectivity index (χ0n) is 11.4. The molecule has 2 aliphatic rings. The molecule has 0 radical (unpaired) electrons. The Labute approximate surface area is 117 Å². The topological polar surface area (TPSA) is 12.0 Å². The third-order valence-corrected chi connectivity index (χ3v) is 4.55. The molecule has 0 bridgehead atoms. The summed E-state index contributed by atoms with van der Waals surface area (Å²) in [4.78, 5) is 0. The van der Waals surface area contributed by atoms with E-state index in [1.807, 2.05) is 6.07 Å². The Bertz CT molecular complexity index is 465. The van der Waals surface area contributed by atoms with Crippen LogP contribution in [-0.4, -0.2) is 12.6 Å². The lowest BCUT2D eigenvalue weighted by atomic mass is 9.88. The van der Waals surface area contributed by atoms with Crippen LogP contribution in [0.1, 0.15) is 49.1 Å². The molecular weight excluding hydrogens is 263 g/mol. The molecule has 3 rings (SSSR count). The van der Waals surface area contributed by atoms with E-state index in [-0.39, 0.29) is 5.92 Å². The minimum atomic E-state index is -4.24. The zero-order chi connectivity index (χ0) is 14.2. The van der Waals surface area contributed by atoms with E-state index in [9.17, 15) is 13.2 Å². The molecule has 2 fully saturated rings. The van der Waals surface area contributed by atoms with Gasteiger partial charge in [-0.05, 0) is 55.7 Å². The molecule has 2 aliphatic carbocycles. The van der Waals surface area contributed by atoms with E-state index in [0.29, 0.717) is 12.0 Å². The van der Waals surface area contributed by atoms with Crippen LogP contribution in [0.15, 0.2) is 24.3 Å². The maximum absolute atomic E-state index is 12.8. The first kappa shape index (κ1) is 13.9. The number of alkyl halides is 3. The second-order valence-corrected chi connectivity index (χ2v) is 6.10. The van der Waals surface area contributed by atoms with Gasteiger partial charge >= 0.3 is 6.18 Å². The van der Waals surface area contributed by atoms with E-state index in [4.69, 9.17) is 0 Å². The van der Waals surface area contributed by atoms with Gasteiger partial charge in [0, 0.05) is 6.04 Å². The molecule has 0 amide bonds. The first-order valence-electron chi connectivity index (χ1n) is 7.44. The maximum Gasteiger partial charge on any atom is 0.416 e. The highest BCUT2D eigenvalue weighted by Gasteiger charge is 2.34. The van der Waals surface area contributed by atoms with Crippen molar-refractivity contribution < 1.29 is 13.2 Å². The molecule has 2 saturated carbocycles. The highest BCUT2D eigenvalue weighted by Crippen LogP contribution is 2.41. The minimum absolute atomic E-state index is 0.281. The fourth-order valence-corrected chi connectivity index (χ4v) is 3.27. The van der Waals surface area contributed by atoms with Gasteiger partial charge in [-0.25, -0.2) is 0 Å².